The summed E-state index contributed by atoms with van der Waals surface area (Å²) in [5, 5.41) is 0. The fourth-order valence-corrected chi connectivity index (χ4v) is 3.66. The van der Waals surface area contributed by atoms with Gasteiger partial charge in [0.15, 0.2) is 0 Å². The minimum Gasteiger partial charge on any atom is -0.496 e. The molecule has 0 amide bonds. The normalized spacial score (nSPS) is 12.3. The van der Waals surface area contributed by atoms with Crippen LogP contribution in [0.4, 0.5) is 4.39 Å². The summed E-state index contributed by atoms with van der Waals surface area (Å²) < 4.78 is 19.7. The molecule has 0 N–H and O–H groups in total. The maximum atomic E-state index is 13.1. The van der Waals surface area contributed by atoms with E-state index in [0.717, 1.165) is 32.5 Å². The summed E-state index contributed by atoms with van der Waals surface area (Å²) in [7, 11) is 1.67. The maximum Gasteiger partial charge on any atom is 0.126 e. The zero-order valence-electron chi connectivity index (χ0n) is 11.5. The van der Waals surface area contributed by atoms with Crippen LogP contribution in [0, 0.1) is 19.7 Å². The van der Waals surface area contributed by atoms with Gasteiger partial charge in [-0.25, -0.2) is 4.39 Å². The van der Waals surface area contributed by atoms with E-state index in [0.29, 0.717) is 0 Å². The van der Waals surface area contributed by atoms with E-state index in [1.54, 1.807) is 19.2 Å². The van der Waals surface area contributed by atoms with Gasteiger partial charge in [0, 0.05) is 10.0 Å². The average Bonchev–Trinajstić information content (AvgIpc) is 2.42. The van der Waals surface area contributed by atoms with Crippen molar-refractivity contribution in [2.45, 2.75) is 18.7 Å². The standard InChI is InChI=1S/C16H15Br2FO/c1-9-8-13(17)10(2)14(16(9)20-3)15(18)11-4-6-12(19)7-5-11/h4-8,15H,1-3H3. The summed E-state index contributed by atoms with van der Waals surface area (Å²) in [6, 6.07) is 8.54. The van der Waals surface area contributed by atoms with E-state index in [1.165, 1.54) is 12.1 Å². The van der Waals surface area contributed by atoms with Crippen LogP contribution >= 0.6 is 31.9 Å². The smallest absolute Gasteiger partial charge is 0.126 e. The topological polar surface area (TPSA) is 9.23 Å². The molecule has 106 valence electrons. The highest BCUT2D eigenvalue weighted by Crippen LogP contribution is 2.42. The molecule has 2 rings (SSSR count). The van der Waals surface area contributed by atoms with E-state index in [1.807, 2.05) is 19.9 Å². The number of ether oxygens (including phenoxy) is 1. The molecule has 0 aliphatic rings. The van der Waals surface area contributed by atoms with E-state index in [9.17, 15) is 4.39 Å². The predicted molar refractivity (Wildman–Crippen MR) is 87.3 cm³/mol. The number of aryl methyl sites for hydroxylation is 1. The van der Waals surface area contributed by atoms with Crippen LogP contribution < -0.4 is 4.74 Å². The lowest BCUT2D eigenvalue weighted by Gasteiger charge is -2.20. The van der Waals surface area contributed by atoms with Crippen molar-refractivity contribution in [3.63, 3.8) is 0 Å². The van der Waals surface area contributed by atoms with E-state index >= 15 is 0 Å². The van der Waals surface area contributed by atoms with Gasteiger partial charge in [0.2, 0.25) is 0 Å². The Kier molecular flexibility index (Phi) is 4.86. The lowest BCUT2D eigenvalue weighted by molar-refractivity contribution is 0.406. The molecule has 0 heterocycles. The molecule has 0 aromatic heterocycles. The minimum atomic E-state index is -0.234. The van der Waals surface area contributed by atoms with Gasteiger partial charge in [0.1, 0.15) is 11.6 Å². The highest BCUT2D eigenvalue weighted by atomic mass is 79.9. The Bertz CT molecular complexity index is 623. The summed E-state index contributed by atoms with van der Waals surface area (Å²) in [6.45, 7) is 4.05. The molecular weight excluding hydrogens is 387 g/mol. The second-order valence-electron chi connectivity index (χ2n) is 4.66. The van der Waals surface area contributed by atoms with Gasteiger partial charge in [-0.05, 0) is 48.7 Å². The van der Waals surface area contributed by atoms with Crippen LogP contribution in [-0.2, 0) is 0 Å². The molecule has 1 atom stereocenters. The van der Waals surface area contributed by atoms with E-state index in [2.05, 4.69) is 31.9 Å². The van der Waals surface area contributed by atoms with Crippen molar-refractivity contribution in [1.29, 1.82) is 0 Å². The Balaban J connectivity index is 2.58. The summed E-state index contributed by atoms with van der Waals surface area (Å²) in [5.41, 5.74) is 4.22. The molecule has 1 unspecified atom stereocenters. The Morgan fingerprint density at radius 2 is 1.75 bits per heavy atom. The fourth-order valence-electron chi connectivity index (χ4n) is 2.25. The maximum absolute atomic E-state index is 13.1. The third-order valence-electron chi connectivity index (χ3n) is 3.33. The molecule has 0 saturated heterocycles. The molecule has 0 saturated carbocycles. The third-order valence-corrected chi connectivity index (χ3v) is 5.14. The fraction of sp³-hybridized carbons (Fsp3) is 0.250. The van der Waals surface area contributed by atoms with Crippen LogP contribution in [0.15, 0.2) is 34.8 Å². The van der Waals surface area contributed by atoms with Crippen LogP contribution in [0.25, 0.3) is 0 Å². The molecule has 2 aromatic rings. The van der Waals surface area contributed by atoms with Gasteiger partial charge in [-0.3, -0.25) is 0 Å². The molecule has 0 fully saturated rings. The zero-order chi connectivity index (χ0) is 14.9. The van der Waals surface area contributed by atoms with Gasteiger partial charge in [0.25, 0.3) is 0 Å². The first-order valence-electron chi connectivity index (χ1n) is 6.18. The Hall–Kier alpha value is -0.870. The van der Waals surface area contributed by atoms with E-state index in [-0.39, 0.29) is 10.6 Å². The molecule has 20 heavy (non-hydrogen) atoms. The molecule has 0 aliphatic heterocycles. The van der Waals surface area contributed by atoms with Gasteiger partial charge in [-0.2, -0.15) is 0 Å². The van der Waals surface area contributed by atoms with Crippen molar-refractivity contribution in [3.8, 4) is 5.75 Å². The molecular formula is C16H15Br2FO. The largest absolute Gasteiger partial charge is 0.496 e. The summed E-state index contributed by atoms with van der Waals surface area (Å²) in [5.74, 6) is 0.624. The monoisotopic (exact) mass is 400 g/mol. The highest BCUT2D eigenvalue weighted by molar-refractivity contribution is 9.10. The lowest BCUT2D eigenvalue weighted by Crippen LogP contribution is -2.03. The number of halogens is 3. The van der Waals surface area contributed by atoms with Gasteiger partial charge in [-0.15, -0.1) is 0 Å². The number of methoxy groups -OCH3 is 1. The molecule has 0 radical (unpaired) electrons. The first kappa shape index (κ1) is 15.5. The van der Waals surface area contributed by atoms with Gasteiger partial charge in [-0.1, -0.05) is 44.0 Å². The first-order valence-corrected chi connectivity index (χ1v) is 7.89. The first-order chi connectivity index (χ1) is 9.45. The van der Waals surface area contributed by atoms with Crippen molar-refractivity contribution in [2.24, 2.45) is 0 Å². The zero-order valence-corrected chi connectivity index (χ0v) is 14.7. The van der Waals surface area contributed by atoms with Gasteiger partial charge >= 0.3 is 0 Å². The second kappa shape index (κ2) is 6.27. The van der Waals surface area contributed by atoms with Gasteiger partial charge < -0.3 is 4.74 Å². The van der Waals surface area contributed by atoms with Gasteiger partial charge in [0.05, 0.1) is 11.9 Å². The quantitative estimate of drug-likeness (QED) is 0.599. The molecule has 0 spiro atoms. The molecule has 4 heteroatoms. The van der Waals surface area contributed by atoms with Crippen LogP contribution in [0.2, 0.25) is 0 Å². The number of hydrogen-bond acceptors (Lipinski definition) is 1. The average molecular weight is 402 g/mol. The van der Waals surface area contributed by atoms with E-state index in [4.69, 9.17) is 4.74 Å². The number of alkyl halides is 1. The Labute approximate surface area is 135 Å². The lowest BCUT2D eigenvalue weighted by atomic mass is 9.97. The Morgan fingerprint density at radius 3 is 2.30 bits per heavy atom. The minimum absolute atomic E-state index is 0.0470. The second-order valence-corrected chi connectivity index (χ2v) is 6.43. The number of hydrogen-bond donors (Lipinski definition) is 0. The third kappa shape index (κ3) is 2.91. The summed E-state index contributed by atoms with van der Waals surface area (Å²) >= 11 is 7.28. The predicted octanol–water partition coefficient (Wildman–Crippen LogP) is 5.70. The molecule has 1 nitrogen and oxygen atoms in total. The van der Waals surface area contributed by atoms with Crippen LogP contribution in [-0.4, -0.2) is 7.11 Å². The Morgan fingerprint density at radius 1 is 1.15 bits per heavy atom. The molecule has 2 aromatic carbocycles. The van der Waals surface area contributed by atoms with Crippen LogP contribution in [0.1, 0.15) is 27.1 Å². The molecule has 0 bridgehead atoms. The highest BCUT2D eigenvalue weighted by Gasteiger charge is 2.21. The van der Waals surface area contributed by atoms with Crippen molar-refractivity contribution in [1.82, 2.24) is 0 Å². The van der Waals surface area contributed by atoms with Crippen molar-refractivity contribution < 1.29 is 9.13 Å². The summed E-state index contributed by atoms with van der Waals surface area (Å²) in [4.78, 5) is -0.0470. The van der Waals surface area contributed by atoms with Crippen molar-refractivity contribution >= 4 is 31.9 Å². The summed E-state index contributed by atoms with van der Waals surface area (Å²) in [6.07, 6.45) is 0. The van der Waals surface area contributed by atoms with Crippen molar-refractivity contribution in [3.05, 3.63) is 62.9 Å². The van der Waals surface area contributed by atoms with Crippen LogP contribution in [0.5, 0.6) is 5.75 Å². The number of rotatable bonds is 3. The molecule has 0 aliphatic carbocycles. The SMILES string of the molecule is COc1c(C)cc(Br)c(C)c1C(Br)c1ccc(F)cc1. The van der Waals surface area contributed by atoms with Crippen LogP contribution in [0.3, 0.4) is 0 Å². The number of benzene rings is 2. The van der Waals surface area contributed by atoms with E-state index < -0.39 is 0 Å². The van der Waals surface area contributed by atoms with Crippen molar-refractivity contribution in [2.75, 3.05) is 7.11 Å².